The lowest BCUT2D eigenvalue weighted by Crippen LogP contribution is -2.49. The summed E-state index contributed by atoms with van der Waals surface area (Å²) >= 11 is 0. The van der Waals surface area contributed by atoms with Crippen molar-refractivity contribution < 1.29 is 14.2 Å². The Labute approximate surface area is 117 Å². The third-order valence-electron chi connectivity index (χ3n) is 4.11. The summed E-state index contributed by atoms with van der Waals surface area (Å²) in [5.41, 5.74) is 5.97. The first-order valence-corrected chi connectivity index (χ1v) is 7.18. The molecule has 19 heavy (non-hydrogen) atoms. The van der Waals surface area contributed by atoms with Crippen LogP contribution in [0.3, 0.4) is 0 Å². The summed E-state index contributed by atoms with van der Waals surface area (Å²) in [6, 6.07) is 0.828. The molecule has 0 radical (unpaired) electrons. The highest BCUT2D eigenvalue weighted by molar-refractivity contribution is 4.89. The van der Waals surface area contributed by atoms with Crippen molar-refractivity contribution in [3.63, 3.8) is 0 Å². The van der Waals surface area contributed by atoms with Crippen LogP contribution in [0.4, 0.5) is 0 Å². The van der Waals surface area contributed by atoms with Crippen LogP contribution in [-0.4, -0.2) is 64.3 Å². The van der Waals surface area contributed by atoms with Crippen LogP contribution in [0, 0.1) is 5.92 Å². The van der Waals surface area contributed by atoms with E-state index in [4.69, 9.17) is 19.9 Å². The number of nitrogens with zero attached hydrogens (tertiary/aromatic N) is 1. The lowest BCUT2D eigenvalue weighted by molar-refractivity contribution is -0.119. The van der Waals surface area contributed by atoms with Crippen molar-refractivity contribution in [2.75, 3.05) is 41.0 Å². The zero-order valence-corrected chi connectivity index (χ0v) is 12.8. The van der Waals surface area contributed by atoms with Gasteiger partial charge in [-0.1, -0.05) is 0 Å². The Morgan fingerprint density at radius 1 is 1.21 bits per heavy atom. The molecule has 0 bridgehead atoms. The topological polar surface area (TPSA) is 57.0 Å². The molecule has 1 aliphatic carbocycles. The summed E-state index contributed by atoms with van der Waals surface area (Å²) in [5.74, 6) is 0.814. The molecule has 5 nitrogen and oxygen atoms in total. The predicted octanol–water partition coefficient (Wildman–Crippen LogP) is 1.07. The maximum absolute atomic E-state index is 5.97. The number of ether oxygens (including phenoxy) is 3. The second kappa shape index (κ2) is 8.87. The molecule has 2 atom stereocenters. The van der Waals surface area contributed by atoms with Gasteiger partial charge in [-0.2, -0.15) is 0 Å². The molecule has 1 saturated carbocycles. The first-order chi connectivity index (χ1) is 9.17. The first kappa shape index (κ1) is 16.9. The van der Waals surface area contributed by atoms with Gasteiger partial charge < -0.3 is 19.9 Å². The predicted molar refractivity (Wildman–Crippen MR) is 76.0 cm³/mol. The summed E-state index contributed by atoms with van der Waals surface area (Å²) in [5, 5.41) is 0. The van der Waals surface area contributed by atoms with Gasteiger partial charge in [0.05, 0.1) is 6.61 Å². The van der Waals surface area contributed by atoms with E-state index < -0.39 is 0 Å². The fourth-order valence-corrected chi connectivity index (χ4v) is 2.64. The van der Waals surface area contributed by atoms with Gasteiger partial charge in [-0.15, -0.1) is 0 Å². The Morgan fingerprint density at radius 3 is 2.26 bits per heavy atom. The largest absolute Gasteiger partial charge is 0.383 e. The smallest absolute Gasteiger partial charge is 0.158 e. The van der Waals surface area contributed by atoms with Gasteiger partial charge in [0, 0.05) is 52.9 Å². The molecule has 0 spiro atoms. The molecule has 0 aromatic heterocycles. The summed E-state index contributed by atoms with van der Waals surface area (Å²) in [6.07, 6.45) is 3.27. The minimum atomic E-state index is -0.190. The van der Waals surface area contributed by atoms with Crippen LogP contribution in [0.15, 0.2) is 0 Å². The van der Waals surface area contributed by atoms with Crippen LogP contribution in [0.25, 0.3) is 0 Å². The summed E-state index contributed by atoms with van der Waals surface area (Å²) < 4.78 is 15.8. The van der Waals surface area contributed by atoms with E-state index in [0.29, 0.717) is 12.6 Å². The van der Waals surface area contributed by atoms with Gasteiger partial charge >= 0.3 is 0 Å². The Balaban J connectivity index is 2.61. The molecule has 1 fully saturated rings. The van der Waals surface area contributed by atoms with Crippen LogP contribution in [0.1, 0.15) is 26.2 Å². The number of hydrogen-bond acceptors (Lipinski definition) is 5. The SMILES string of the molecule is COCCN(C(CN)CC(OC)OC)C(C)C1CC1. The second-order valence-corrected chi connectivity index (χ2v) is 5.33. The summed E-state index contributed by atoms with van der Waals surface area (Å²) in [4.78, 5) is 2.46. The van der Waals surface area contributed by atoms with Crippen LogP contribution < -0.4 is 5.73 Å². The molecule has 0 saturated heterocycles. The highest BCUT2D eigenvalue weighted by Gasteiger charge is 2.35. The van der Waals surface area contributed by atoms with Crippen molar-refractivity contribution >= 4 is 0 Å². The fraction of sp³-hybridized carbons (Fsp3) is 1.00. The molecule has 1 aliphatic rings. The van der Waals surface area contributed by atoms with E-state index in [-0.39, 0.29) is 12.3 Å². The van der Waals surface area contributed by atoms with Crippen molar-refractivity contribution in [2.24, 2.45) is 11.7 Å². The third kappa shape index (κ3) is 5.36. The van der Waals surface area contributed by atoms with Crippen LogP contribution in [-0.2, 0) is 14.2 Å². The number of hydrogen-bond donors (Lipinski definition) is 1. The van der Waals surface area contributed by atoms with Crippen molar-refractivity contribution in [1.29, 1.82) is 0 Å². The highest BCUT2D eigenvalue weighted by Crippen LogP contribution is 2.36. The van der Waals surface area contributed by atoms with Gasteiger partial charge in [0.15, 0.2) is 6.29 Å². The third-order valence-corrected chi connectivity index (χ3v) is 4.11. The average molecular weight is 274 g/mol. The average Bonchev–Trinajstić information content (AvgIpc) is 3.26. The Kier molecular flexibility index (Phi) is 7.87. The molecule has 2 N–H and O–H groups in total. The Morgan fingerprint density at radius 2 is 1.84 bits per heavy atom. The van der Waals surface area contributed by atoms with Crippen LogP contribution >= 0.6 is 0 Å². The monoisotopic (exact) mass is 274 g/mol. The molecular weight excluding hydrogens is 244 g/mol. The number of nitrogens with two attached hydrogens (primary N) is 1. The molecule has 0 aromatic carbocycles. The molecule has 1 rings (SSSR count). The molecular formula is C14H30N2O3. The Hall–Kier alpha value is -0.200. The summed E-state index contributed by atoms with van der Waals surface area (Å²) in [7, 11) is 5.08. The maximum Gasteiger partial charge on any atom is 0.158 e. The summed E-state index contributed by atoms with van der Waals surface area (Å²) in [6.45, 7) is 4.56. The molecule has 2 unspecified atom stereocenters. The van der Waals surface area contributed by atoms with Crippen LogP contribution in [0.5, 0.6) is 0 Å². The van der Waals surface area contributed by atoms with Gasteiger partial charge in [0.1, 0.15) is 0 Å². The lowest BCUT2D eigenvalue weighted by Gasteiger charge is -2.37. The highest BCUT2D eigenvalue weighted by atomic mass is 16.7. The van der Waals surface area contributed by atoms with Gasteiger partial charge in [-0.3, -0.25) is 4.90 Å². The van der Waals surface area contributed by atoms with Gasteiger partial charge in [-0.05, 0) is 25.7 Å². The standard InChI is InChI=1S/C14H30N2O3/c1-11(12-5-6-12)16(7-8-17-2)13(10-15)9-14(18-3)19-4/h11-14H,5-10,15H2,1-4H3. The zero-order valence-electron chi connectivity index (χ0n) is 12.8. The van der Waals surface area contributed by atoms with E-state index in [1.165, 1.54) is 12.8 Å². The van der Waals surface area contributed by atoms with E-state index in [1.54, 1.807) is 21.3 Å². The van der Waals surface area contributed by atoms with E-state index >= 15 is 0 Å². The van der Waals surface area contributed by atoms with E-state index in [0.717, 1.165) is 25.5 Å². The second-order valence-electron chi connectivity index (χ2n) is 5.33. The van der Waals surface area contributed by atoms with E-state index in [1.807, 2.05) is 0 Å². The van der Waals surface area contributed by atoms with Gasteiger partial charge in [0.2, 0.25) is 0 Å². The molecule has 0 aliphatic heterocycles. The normalized spacial score (nSPS) is 19.1. The van der Waals surface area contributed by atoms with Gasteiger partial charge in [0.25, 0.3) is 0 Å². The minimum Gasteiger partial charge on any atom is -0.383 e. The van der Waals surface area contributed by atoms with Crippen molar-refractivity contribution in [3.05, 3.63) is 0 Å². The maximum atomic E-state index is 5.97. The minimum absolute atomic E-state index is 0.190. The number of methoxy groups -OCH3 is 3. The van der Waals surface area contributed by atoms with E-state index in [2.05, 4.69) is 11.8 Å². The molecule has 5 heteroatoms. The molecule has 0 aromatic rings. The van der Waals surface area contributed by atoms with Crippen molar-refractivity contribution in [1.82, 2.24) is 4.90 Å². The van der Waals surface area contributed by atoms with E-state index in [9.17, 15) is 0 Å². The lowest BCUT2D eigenvalue weighted by atomic mass is 10.1. The molecule has 0 heterocycles. The van der Waals surface area contributed by atoms with Crippen molar-refractivity contribution in [2.45, 2.75) is 44.6 Å². The zero-order chi connectivity index (χ0) is 14.3. The van der Waals surface area contributed by atoms with Gasteiger partial charge in [-0.25, -0.2) is 0 Å². The van der Waals surface area contributed by atoms with Crippen LogP contribution in [0.2, 0.25) is 0 Å². The fourth-order valence-electron chi connectivity index (χ4n) is 2.64. The number of rotatable bonds is 11. The molecule has 0 amide bonds. The Bertz CT molecular complexity index is 233. The molecule has 114 valence electrons. The van der Waals surface area contributed by atoms with Crippen molar-refractivity contribution in [3.8, 4) is 0 Å². The quantitative estimate of drug-likeness (QED) is 0.571. The first-order valence-electron chi connectivity index (χ1n) is 7.18.